The number of ether oxygens (including phenoxy) is 1. The fraction of sp³-hybridized carbons (Fsp3) is 0.400. The zero-order valence-electron chi connectivity index (χ0n) is 15.6. The minimum atomic E-state index is -3.43. The Hall–Kier alpha value is -2.05. The van der Waals surface area contributed by atoms with Gasteiger partial charge in [0.2, 0.25) is 10.0 Å². The highest BCUT2D eigenvalue weighted by molar-refractivity contribution is 7.89. The normalized spacial score (nSPS) is 15.9. The van der Waals surface area contributed by atoms with Crippen molar-refractivity contribution in [3.63, 3.8) is 0 Å². The van der Waals surface area contributed by atoms with Gasteiger partial charge in [0.25, 0.3) is 0 Å². The fourth-order valence-corrected chi connectivity index (χ4v) is 4.64. The number of piperazine rings is 1. The van der Waals surface area contributed by atoms with Crippen LogP contribution in [-0.2, 0) is 10.0 Å². The molecule has 0 N–H and O–H groups in total. The Balaban J connectivity index is 1.68. The molecule has 1 saturated heterocycles. The van der Waals surface area contributed by atoms with Crippen LogP contribution in [0.15, 0.2) is 47.4 Å². The number of hydrogen-bond acceptors (Lipinski definition) is 4. The summed E-state index contributed by atoms with van der Waals surface area (Å²) in [6, 6.07) is 13.3. The summed E-state index contributed by atoms with van der Waals surface area (Å²) in [5.41, 5.74) is 3.19. The molecule has 0 unspecified atom stereocenters. The van der Waals surface area contributed by atoms with E-state index in [1.54, 1.807) is 16.4 Å². The molecule has 6 heteroatoms. The highest BCUT2D eigenvalue weighted by Crippen LogP contribution is 2.24. The van der Waals surface area contributed by atoms with Crippen molar-refractivity contribution in [2.24, 2.45) is 0 Å². The van der Waals surface area contributed by atoms with Crippen LogP contribution in [0.4, 0.5) is 5.69 Å². The third-order valence-corrected chi connectivity index (χ3v) is 6.76. The summed E-state index contributed by atoms with van der Waals surface area (Å²) in [7, 11) is -3.43. The van der Waals surface area contributed by atoms with Crippen LogP contribution in [0.25, 0.3) is 0 Å². The van der Waals surface area contributed by atoms with Gasteiger partial charge >= 0.3 is 0 Å². The van der Waals surface area contributed by atoms with Crippen molar-refractivity contribution in [3.8, 4) is 5.75 Å². The van der Waals surface area contributed by atoms with Crippen molar-refractivity contribution in [1.82, 2.24) is 4.31 Å². The average Bonchev–Trinajstić information content (AvgIpc) is 2.65. The molecule has 1 aliphatic heterocycles. The van der Waals surface area contributed by atoms with E-state index < -0.39 is 10.0 Å². The second-order valence-electron chi connectivity index (χ2n) is 6.56. The molecule has 0 bridgehead atoms. The first kappa shape index (κ1) is 18.7. The molecule has 1 aliphatic rings. The van der Waals surface area contributed by atoms with Gasteiger partial charge in [-0.1, -0.05) is 6.07 Å². The number of rotatable bonds is 5. The van der Waals surface area contributed by atoms with E-state index in [2.05, 4.69) is 4.90 Å². The standard InChI is InChI=1S/C20H26N2O3S/c1-4-25-19-8-6-18(7-9-19)21-11-13-22(14-12-21)26(23,24)20-10-5-16(2)17(3)15-20/h5-10,15H,4,11-14H2,1-3H3. The summed E-state index contributed by atoms with van der Waals surface area (Å²) in [6.45, 7) is 8.87. The minimum absolute atomic E-state index is 0.384. The van der Waals surface area contributed by atoms with Gasteiger partial charge in [-0.2, -0.15) is 4.31 Å². The Labute approximate surface area is 156 Å². The van der Waals surface area contributed by atoms with Crippen LogP contribution in [0.3, 0.4) is 0 Å². The molecular weight excluding hydrogens is 348 g/mol. The smallest absolute Gasteiger partial charge is 0.243 e. The van der Waals surface area contributed by atoms with Gasteiger partial charge in [-0.25, -0.2) is 8.42 Å². The van der Waals surface area contributed by atoms with Crippen molar-refractivity contribution in [2.75, 3.05) is 37.7 Å². The molecule has 0 saturated carbocycles. The molecule has 26 heavy (non-hydrogen) atoms. The predicted octanol–water partition coefficient (Wildman–Crippen LogP) is 3.21. The van der Waals surface area contributed by atoms with Gasteiger partial charge in [0.1, 0.15) is 5.75 Å². The van der Waals surface area contributed by atoms with E-state index in [9.17, 15) is 8.42 Å². The van der Waals surface area contributed by atoms with Crippen molar-refractivity contribution in [1.29, 1.82) is 0 Å². The van der Waals surface area contributed by atoms with Crippen LogP contribution in [0, 0.1) is 13.8 Å². The van der Waals surface area contributed by atoms with Gasteiger partial charge in [0.15, 0.2) is 0 Å². The molecule has 3 rings (SSSR count). The van der Waals surface area contributed by atoms with Crippen molar-refractivity contribution in [2.45, 2.75) is 25.7 Å². The lowest BCUT2D eigenvalue weighted by Crippen LogP contribution is -2.48. The second-order valence-corrected chi connectivity index (χ2v) is 8.50. The monoisotopic (exact) mass is 374 g/mol. The molecule has 0 aliphatic carbocycles. The van der Waals surface area contributed by atoms with E-state index in [4.69, 9.17) is 4.74 Å². The van der Waals surface area contributed by atoms with Gasteiger partial charge in [-0.3, -0.25) is 0 Å². The first-order valence-electron chi connectivity index (χ1n) is 8.97. The topological polar surface area (TPSA) is 49.9 Å². The number of hydrogen-bond donors (Lipinski definition) is 0. The lowest BCUT2D eigenvalue weighted by molar-refractivity contribution is 0.340. The van der Waals surface area contributed by atoms with Gasteiger partial charge in [0.05, 0.1) is 11.5 Å². The van der Waals surface area contributed by atoms with Crippen LogP contribution >= 0.6 is 0 Å². The first-order valence-corrected chi connectivity index (χ1v) is 10.4. The van der Waals surface area contributed by atoms with E-state index in [-0.39, 0.29) is 0 Å². The SMILES string of the molecule is CCOc1ccc(N2CCN(S(=O)(=O)c3ccc(C)c(C)c3)CC2)cc1. The van der Waals surface area contributed by atoms with E-state index in [0.717, 1.165) is 22.6 Å². The Morgan fingerprint density at radius 3 is 2.15 bits per heavy atom. The van der Waals surface area contributed by atoms with Crippen LogP contribution in [0.2, 0.25) is 0 Å². The Bertz CT molecular complexity index is 855. The molecular formula is C20H26N2O3S. The lowest BCUT2D eigenvalue weighted by Gasteiger charge is -2.35. The summed E-state index contributed by atoms with van der Waals surface area (Å²) in [5.74, 6) is 0.854. The summed E-state index contributed by atoms with van der Waals surface area (Å²) in [4.78, 5) is 2.59. The zero-order valence-corrected chi connectivity index (χ0v) is 16.4. The number of benzene rings is 2. The largest absolute Gasteiger partial charge is 0.494 e. The van der Waals surface area contributed by atoms with Crippen LogP contribution in [-0.4, -0.2) is 45.5 Å². The van der Waals surface area contributed by atoms with Crippen molar-refractivity contribution >= 4 is 15.7 Å². The van der Waals surface area contributed by atoms with E-state index in [1.807, 2.05) is 51.1 Å². The third kappa shape index (κ3) is 3.86. The number of aryl methyl sites for hydroxylation is 2. The maximum absolute atomic E-state index is 12.9. The first-order chi connectivity index (χ1) is 12.4. The molecule has 0 aromatic heterocycles. The minimum Gasteiger partial charge on any atom is -0.494 e. The molecule has 1 heterocycles. The molecule has 0 amide bonds. The molecule has 5 nitrogen and oxygen atoms in total. The van der Waals surface area contributed by atoms with Crippen molar-refractivity contribution in [3.05, 3.63) is 53.6 Å². The second kappa shape index (κ2) is 7.68. The highest BCUT2D eigenvalue weighted by Gasteiger charge is 2.28. The third-order valence-electron chi connectivity index (χ3n) is 4.87. The summed E-state index contributed by atoms with van der Waals surface area (Å²) >= 11 is 0. The number of sulfonamides is 1. The molecule has 1 fully saturated rings. The van der Waals surface area contributed by atoms with Gasteiger partial charge in [-0.05, 0) is 68.3 Å². The molecule has 2 aromatic rings. The van der Waals surface area contributed by atoms with Crippen LogP contribution in [0.1, 0.15) is 18.1 Å². The number of anilines is 1. The molecule has 2 aromatic carbocycles. The Morgan fingerprint density at radius 1 is 0.923 bits per heavy atom. The molecule has 140 valence electrons. The Morgan fingerprint density at radius 2 is 1.58 bits per heavy atom. The summed E-state index contributed by atoms with van der Waals surface area (Å²) < 4.78 is 32.9. The van der Waals surface area contributed by atoms with Gasteiger partial charge in [0, 0.05) is 31.9 Å². The van der Waals surface area contributed by atoms with Crippen LogP contribution in [0.5, 0.6) is 5.75 Å². The fourth-order valence-electron chi connectivity index (χ4n) is 3.13. The van der Waals surface area contributed by atoms with E-state index in [1.165, 1.54) is 0 Å². The summed E-state index contributed by atoms with van der Waals surface area (Å²) in [5, 5.41) is 0. The molecule has 0 atom stereocenters. The van der Waals surface area contributed by atoms with Gasteiger partial charge in [-0.15, -0.1) is 0 Å². The average molecular weight is 375 g/mol. The molecule has 0 spiro atoms. The number of nitrogens with zero attached hydrogens (tertiary/aromatic N) is 2. The Kier molecular flexibility index (Phi) is 5.53. The van der Waals surface area contributed by atoms with E-state index in [0.29, 0.717) is 37.7 Å². The predicted molar refractivity (Wildman–Crippen MR) is 104 cm³/mol. The molecule has 0 radical (unpaired) electrons. The van der Waals surface area contributed by atoms with Crippen molar-refractivity contribution < 1.29 is 13.2 Å². The lowest BCUT2D eigenvalue weighted by atomic mass is 10.1. The highest BCUT2D eigenvalue weighted by atomic mass is 32.2. The van der Waals surface area contributed by atoms with E-state index >= 15 is 0 Å². The maximum Gasteiger partial charge on any atom is 0.243 e. The maximum atomic E-state index is 12.9. The van der Waals surface area contributed by atoms with Gasteiger partial charge < -0.3 is 9.64 Å². The van der Waals surface area contributed by atoms with Crippen LogP contribution < -0.4 is 9.64 Å². The quantitative estimate of drug-likeness (QED) is 0.806. The zero-order chi connectivity index (χ0) is 18.7. The summed E-state index contributed by atoms with van der Waals surface area (Å²) in [6.07, 6.45) is 0.